The van der Waals surface area contributed by atoms with Crippen LogP contribution in [0.1, 0.15) is 20.3 Å². The van der Waals surface area contributed by atoms with Crippen LogP contribution in [-0.2, 0) is 0 Å². The van der Waals surface area contributed by atoms with Crippen molar-refractivity contribution in [1.82, 2.24) is 9.80 Å². The monoisotopic (exact) mass is 254 g/mol. The molecule has 0 amide bonds. The third kappa shape index (κ3) is 4.44. The van der Waals surface area contributed by atoms with Gasteiger partial charge >= 0.3 is 6.18 Å². The van der Waals surface area contributed by atoms with Gasteiger partial charge in [-0.3, -0.25) is 9.80 Å². The lowest BCUT2D eigenvalue weighted by Crippen LogP contribution is -2.52. The molecule has 1 rings (SSSR count). The quantitative estimate of drug-likeness (QED) is 0.820. The summed E-state index contributed by atoms with van der Waals surface area (Å²) in [5.74, 6) is 0. The zero-order chi connectivity index (χ0) is 13.1. The topological polar surface area (TPSA) is 26.7 Å². The Morgan fingerprint density at radius 3 is 2.12 bits per heavy atom. The fourth-order valence-electron chi connectivity index (χ4n) is 1.99. The van der Waals surface area contributed by atoms with Crippen molar-refractivity contribution in [1.29, 1.82) is 0 Å². The lowest BCUT2D eigenvalue weighted by Gasteiger charge is -2.38. The smallest absolute Gasteiger partial charge is 0.382 e. The van der Waals surface area contributed by atoms with E-state index in [9.17, 15) is 13.2 Å². The van der Waals surface area contributed by atoms with Gasteiger partial charge in [-0.1, -0.05) is 6.92 Å². The number of aliphatic hydroxyl groups excluding tert-OH is 1. The molecule has 0 aliphatic carbocycles. The van der Waals surface area contributed by atoms with Gasteiger partial charge in [0, 0.05) is 38.8 Å². The van der Waals surface area contributed by atoms with E-state index in [-0.39, 0.29) is 6.54 Å². The molecule has 6 heteroatoms. The highest BCUT2D eigenvalue weighted by Crippen LogP contribution is 2.21. The largest absolute Gasteiger partial charge is 0.415 e. The Labute approximate surface area is 100 Å². The van der Waals surface area contributed by atoms with Gasteiger partial charge in [-0.25, -0.2) is 0 Å². The summed E-state index contributed by atoms with van der Waals surface area (Å²) in [6.07, 6.45) is -5.68. The second-order valence-corrected chi connectivity index (χ2v) is 4.65. The number of alkyl halides is 3. The minimum atomic E-state index is -4.51. The first kappa shape index (κ1) is 14.7. The van der Waals surface area contributed by atoms with Crippen LogP contribution in [0.2, 0.25) is 0 Å². The second-order valence-electron chi connectivity index (χ2n) is 4.65. The molecule has 1 saturated heterocycles. The molecule has 3 nitrogen and oxygen atoms in total. The first-order valence-electron chi connectivity index (χ1n) is 6.05. The number of β-amino-alcohol motifs (C(OH)–C–C–N with tert-alkyl or cyclic N) is 1. The lowest BCUT2D eigenvalue weighted by atomic mass is 10.2. The first-order valence-corrected chi connectivity index (χ1v) is 6.05. The first-order chi connectivity index (χ1) is 7.84. The van der Waals surface area contributed by atoms with Gasteiger partial charge in [0.1, 0.15) is 0 Å². The summed E-state index contributed by atoms with van der Waals surface area (Å²) in [4.78, 5) is 3.95. The van der Waals surface area contributed by atoms with Gasteiger partial charge in [0.2, 0.25) is 0 Å². The van der Waals surface area contributed by atoms with E-state index < -0.39 is 12.3 Å². The molecule has 102 valence electrons. The number of hydrogen-bond acceptors (Lipinski definition) is 3. The zero-order valence-corrected chi connectivity index (χ0v) is 10.4. The fraction of sp³-hybridized carbons (Fsp3) is 1.00. The van der Waals surface area contributed by atoms with Gasteiger partial charge in [0.15, 0.2) is 6.10 Å². The number of piperazine rings is 1. The molecule has 0 aromatic rings. The van der Waals surface area contributed by atoms with E-state index in [4.69, 9.17) is 5.11 Å². The second kappa shape index (κ2) is 6.02. The van der Waals surface area contributed by atoms with Gasteiger partial charge in [0.25, 0.3) is 0 Å². The third-order valence-corrected chi connectivity index (χ3v) is 3.43. The molecular formula is C11H21F3N2O. The van der Waals surface area contributed by atoms with E-state index in [1.807, 2.05) is 0 Å². The normalized spacial score (nSPS) is 23.6. The molecule has 0 aromatic heterocycles. The predicted molar refractivity (Wildman–Crippen MR) is 59.8 cm³/mol. The number of rotatable bonds is 4. The van der Waals surface area contributed by atoms with Crippen LogP contribution in [0.25, 0.3) is 0 Å². The van der Waals surface area contributed by atoms with Crippen molar-refractivity contribution >= 4 is 0 Å². The highest BCUT2D eigenvalue weighted by molar-refractivity contribution is 4.78. The van der Waals surface area contributed by atoms with E-state index >= 15 is 0 Å². The van der Waals surface area contributed by atoms with Crippen molar-refractivity contribution < 1.29 is 18.3 Å². The SMILES string of the molecule is CCC(C)N1CCN(CC(O)C(F)(F)F)CC1. The van der Waals surface area contributed by atoms with Gasteiger partial charge < -0.3 is 5.11 Å². The minimum Gasteiger partial charge on any atom is -0.382 e. The maximum atomic E-state index is 12.2. The van der Waals surface area contributed by atoms with Crippen LogP contribution in [-0.4, -0.2) is 66.0 Å². The van der Waals surface area contributed by atoms with Crippen LogP contribution in [0.3, 0.4) is 0 Å². The number of nitrogens with zero attached hydrogens (tertiary/aromatic N) is 2. The highest BCUT2D eigenvalue weighted by Gasteiger charge is 2.39. The summed E-state index contributed by atoms with van der Waals surface area (Å²) in [7, 11) is 0. The van der Waals surface area contributed by atoms with Crippen molar-refractivity contribution in [3.8, 4) is 0 Å². The third-order valence-electron chi connectivity index (χ3n) is 3.43. The Balaban J connectivity index is 2.33. The zero-order valence-electron chi connectivity index (χ0n) is 10.4. The molecule has 0 saturated carbocycles. The standard InChI is InChI=1S/C11H21F3N2O/c1-3-9(2)16-6-4-15(5-7-16)8-10(17)11(12,13)14/h9-10,17H,3-8H2,1-2H3. The molecule has 0 radical (unpaired) electrons. The summed E-state index contributed by atoms with van der Waals surface area (Å²) in [5, 5.41) is 8.98. The van der Waals surface area contributed by atoms with E-state index in [1.54, 1.807) is 4.90 Å². The summed E-state index contributed by atoms with van der Waals surface area (Å²) in [6, 6.07) is 0.477. The molecule has 1 fully saturated rings. The predicted octanol–water partition coefficient (Wildman–Crippen LogP) is 1.33. The van der Waals surface area contributed by atoms with E-state index in [1.165, 1.54) is 0 Å². The average Bonchev–Trinajstić information content (AvgIpc) is 2.27. The summed E-state index contributed by atoms with van der Waals surface area (Å²) >= 11 is 0. The Morgan fingerprint density at radius 1 is 1.18 bits per heavy atom. The van der Waals surface area contributed by atoms with Crippen molar-refractivity contribution in [2.45, 2.75) is 38.6 Å². The maximum Gasteiger partial charge on any atom is 0.415 e. The van der Waals surface area contributed by atoms with Crippen LogP contribution in [0.4, 0.5) is 13.2 Å². The Bertz CT molecular complexity index is 227. The Morgan fingerprint density at radius 2 is 1.71 bits per heavy atom. The molecule has 2 atom stereocenters. The van der Waals surface area contributed by atoms with Crippen molar-refractivity contribution in [2.24, 2.45) is 0 Å². The molecule has 1 N–H and O–H groups in total. The molecular weight excluding hydrogens is 233 g/mol. The van der Waals surface area contributed by atoms with Crippen LogP contribution >= 0.6 is 0 Å². The average molecular weight is 254 g/mol. The summed E-state index contributed by atoms with van der Waals surface area (Å²) in [6.45, 7) is 6.66. The molecule has 1 aliphatic rings. The Kier molecular flexibility index (Phi) is 5.22. The maximum absolute atomic E-state index is 12.2. The van der Waals surface area contributed by atoms with Crippen LogP contribution < -0.4 is 0 Å². The van der Waals surface area contributed by atoms with Gasteiger partial charge in [-0.2, -0.15) is 13.2 Å². The lowest BCUT2D eigenvalue weighted by molar-refractivity contribution is -0.209. The molecule has 0 spiro atoms. The summed E-state index contributed by atoms with van der Waals surface area (Å²) in [5.41, 5.74) is 0. The molecule has 1 heterocycles. The van der Waals surface area contributed by atoms with Gasteiger partial charge in [-0.05, 0) is 13.3 Å². The molecule has 0 bridgehead atoms. The van der Waals surface area contributed by atoms with E-state index in [0.29, 0.717) is 19.1 Å². The molecule has 1 aliphatic heterocycles. The van der Waals surface area contributed by atoms with E-state index in [2.05, 4.69) is 18.7 Å². The van der Waals surface area contributed by atoms with Crippen LogP contribution in [0.5, 0.6) is 0 Å². The van der Waals surface area contributed by atoms with Gasteiger partial charge in [0.05, 0.1) is 0 Å². The van der Waals surface area contributed by atoms with Crippen molar-refractivity contribution in [3.63, 3.8) is 0 Å². The van der Waals surface area contributed by atoms with Crippen LogP contribution in [0.15, 0.2) is 0 Å². The fourth-order valence-corrected chi connectivity index (χ4v) is 1.99. The van der Waals surface area contributed by atoms with Crippen molar-refractivity contribution in [2.75, 3.05) is 32.7 Å². The number of aliphatic hydroxyl groups is 1. The van der Waals surface area contributed by atoms with E-state index in [0.717, 1.165) is 19.5 Å². The van der Waals surface area contributed by atoms with Crippen molar-refractivity contribution in [3.05, 3.63) is 0 Å². The van der Waals surface area contributed by atoms with Crippen LogP contribution in [0, 0.1) is 0 Å². The summed E-state index contributed by atoms with van der Waals surface area (Å²) < 4.78 is 36.5. The molecule has 17 heavy (non-hydrogen) atoms. The Hall–Kier alpha value is -0.330. The number of halogens is 3. The van der Waals surface area contributed by atoms with Gasteiger partial charge in [-0.15, -0.1) is 0 Å². The molecule has 0 aromatic carbocycles. The minimum absolute atomic E-state index is 0.308. The number of hydrogen-bond donors (Lipinski definition) is 1. The highest BCUT2D eigenvalue weighted by atomic mass is 19.4. The molecule has 2 unspecified atom stereocenters.